The Bertz CT molecular complexity index is 1710. The van der Waals surface area contributed by atoms with Crippen LogP contribution < -0.4 is 38.4 Å². The molecule has 1 aromatic carbocycles. The van der Waals surface area contributed by atoms with Crippen molar-refractivity contribution in [1.29, 1.82) is 0 Å². The van der Waals surface area contributed by atoms with E-state index in [1.807, 2.05) is 12.3 Å². The Kier molecular flexibility index (Phi) is 16.6. The molecule has 4 rings (SSSR count). The zero-order valence-electron chi connectivity index (χ0n) is 31.3. The van der Waals surface area contributed by atoms with E-state index in [-0.39, 0.29) is 24.7 Å². The Morgan fingerprint density at radius 3 is 2.59 bits per heavy atom. The molecule has 18 heteroatoms. The molecule has 3 aromatic rings. The molecule has 2 unspecified atom stereocenters. The summed E-state index contributed by atoms with van der Waals surface area (Å²) in [5.74, 6) is 6.40. The lowest BCUT2D eigenvalue weighted by Crippen LogP contribution is -2.48. The van der Waals surface area contributed by atoms with Crippen LogP contribution in [-0.4, -0.2) is 129 Å². The fourth-order valence-corrected chi connectivity index (χ4v) is 7.14. The molecule has 2 atom stereocenters. The van der Waals surface area contributed by atoms with Crippen molar-refractivity contribution in [3.05, 3.63) is 53.5 Å². The molecule has 11 N–H and O–H groups in total. The number of carboxylic acids is 1. The largest absolute Gasteiger partial charge is 0.496 e. The summed E-state index contributed by atoms with van der Waals surface area (Å²) in [5.41, 5.74) is 21.9. The maximum Gasteiger partial charge on any atom is 0.321 e. The zero-order valence-corrected chi connectivity index (χ0v) is 32.1. The molecule has 1 fully saturated rings. The number of amides is 1. The monoisotopic (exact) mass is 768 g/mol. The minimum absolute atomic E-state index is 0.00121. The van der Waals surface area contributed by atoms with Gasteiger partial charge in [-0.1, -0.05) is 31.9 Å². The van der Waals surface area contributed by atoms with Gasteiger partial charge >= 0.3 is 5.97 Å². The number of nitrogens with zero attached hydrogens (tertiary/aromatic N) is 6. The summed E-state index contributed by atoms with van der Waals surface area (Å²) in [6, 6.07) is 7.25. The Balaban J connectivity index is 1.23. The second-order valence-electron chi connectivity index (χ2n) is 13.3. The van der Waals surface area contributed by atoms with Crippen LogP contribution in [0.3, 0.4) is 0 Å². The third kappa shape index (κ3) is 12.8. The average molecular weight is 769 g/mol. The molecular formula is C36H56N12O5S. The van der Waals surface area contributed by atoms with Crippen molar-refractivity contribution < 1.29 is 24.2 Å². The number of nitrogens with two attached hydrogens (primary N) is 4. The zero-order chi connectivity index (χ0) is 39.0. The number of aliphatic carboxylic acids is 1. The summed E-state index contributed by atoms with van der Waals surface area (Å²) in [7, 11) is 1.70. The first-order chi connectivity index (χ1) is 26.0. The molecule has 0 radical (unpaired) electrons. The van der Waals surface area contributed by atoms with Gasteiger partial charge in [-0.25, -0.2) is 10.8 Å². The molecule has 3 heterocycles. The Labute approximate surface area is 320 Å². The number of carbonyl (C=O) groups excluding carboxylic acids is 2. The van der Waals surface area contributed by atoms with Crippen molar-refractivity contribution >= 4 is 52.7 Å². The third-order valence-corrected chi connectivity index (χ3v) is 10.5. The lowest BCUT2D eigenvalue weighted by molar-refractivity contribution is -0.138. The Morgan fingerprint density at radius 2 is 1.89 bits per heavy atom. The summed E-state index contributed by atoms with van der Waals surface area (Å²) in [6.45, 7) is 9.31. The lowest BCUT2D eigenvalue weighted by Gasteiger charge is -2.35. The van der Waals surface area contributed by atoms with Crippen LogP contribution in [-0.2, 0) is 27.5 Å². The highest BCUT2D eigenvalue weighted by atomic mass is 32.2. The molecule has 1 aliphatic rings. The number of anilines is 2. The van der Waals surface area contributed by atoms with Crippen LogP contribution in [0.4, 0.5) is 11.8 Å². The highest BCUT2D eigenvalue weighted by molar-refractivity contribution is 8.00. The van der Waals surface area contributed by atoms with Crippen molar-refractivity contribution in [3.63, 3.8) is 0 Å². The number of piperazine rings is 1. The van der Waals surface area contributed by atoms with Crippen molar-refractivity contribution in [1.82, 2.24) is 34.7 Å². The topological polar surface area (TPSA) is 249 Å². The second-order valence-corrected chi connectivity index (χ2v) is 14.6. The first-order valence-electron chi connectivity index (χ1n) is 18.3. The summed E-state index contributed by atoms with van der Waals surface area (Å²) in [4.78, 5) is 48.3. The van der Waals surface area contributed by atoms with Crippen molar-refractivity contribution in [2.45, 2.75) is 57.0 Å². The van der Waals surface area contributed by atoms with E-state index in [2.05, 4.69) is 60.1 Å². The predicted molar refractivity (Wildman–Crippen MR) is 212 cm³/mol. The highest BCUT2D eigenvalue weighted by Crippen LogP contribution is 2.27. The molecule has 54 heavy (non-hydrogen) atoms. The van der Waals surface area contributed by atoms with E-state index in [9.17, 15) is 14.4 Å². The minimum Gasteiger partial charge on any atom is -0.496 e. The molecular weight excluding hydrogens is 713 g/mol. The maximum atomic E-state index is 12.6. The SMILES string of the molecule is CCCCCNc1nc(N)nc2ccn(Cc3ccc(CN4CCN(CCN(N)/C=C(\N)CNC(=O)C(CC=O)SCC(N)C(=O)O)CC4)cc3OC)c12. The molecule has 17 nitrogen and oxygen atoms in total. The van der Waals surface area contributed by atoms with E-state index >= 15 is 0 Å². The van der Waals surface area contributed by atoms with Crippen molar-refractivity contribution in [2.24, 2.45) is 17.3 Å². The van der Waals surface area contributed by atoms with Crippen LogP contribution in [0.15, 0.2) is 42.4 Å². The minimum atomic E-state index is -1.17. The number of nitrogen functional groups attached to an aromatic ring is 1. The van der Waals surface area contributed by atoms with Crippen LogP contribution in [0.5, 0.6) is 5.75 Å². The summed E-state index contributed by atoms with van der Waals surface area (Å²) < 4.78 is 7.99. The van der Waals surface area contributed by atoms with E-state index < -0.39 is 23.2 Å². The van der Waals surface area contributed by atoms with E-state index in [0.717, 1.165) is 105 Å². The molecule has 0 spiro atoms. The number of aldehydes is 1. The van der Waals surface area contributed by atoms with E-state index in [4.69, 9.17) is 32.9 Å². The number of hydrogen-bond donors (Lipinski definition) is 7. The van der Waals surface area contributed by atoms with Crippen LogP contribution in [0.2, 0.25) is 0 Å². The summed E-state index contributed by atoms with van der Waals surface area (Å²) in [5, 5.41) is 15.8. The Morgan fingerprint density at radius 1 is 1.13 bits per heavy atom. The number of ether oxygens (including phenoxy) is 1. The van der Waals surface area contributed by atoms with Gasteiger partial charge in [0.05, 0.1) is 31.0 Å². The highest BCUT2D eigenvalue weighted by Gasteiger charge is 2.22. The number of rotatable bonds is 23. The van der Waals surface area contributed by atoms with Crippen LogP contribution in [0, 0.1) is 0 Å². The predicted octanol–water partition coefficient (Wildman–Crippen LogP) is 0.985. The molecule has 1 aliphatic heterocycles. The number of hydrogen-bond acceptors (Lipinski definition) is 15. The Hall–Kier alpha value is -4.62. The number of carbonyl (C=O) groups is 3. The standard InChI is InChI=1S/C36H56N12O5S/c1-3-4-5-10-41-33-32-29(43-36(39)44-33)8-11-47(32)22-26-7-6-25(19-30(26)53-2)21-46-14-12-45(13-15-46)16-17-48(40)23-27(37)20-42-34(50)31(9-18-49)54-24-28(38)35(51)52/h6-8,11,18-19,23,28,31H,3-5,9-10,12-17,20-22,24,37-38,40H2,1-2H3,(H,42,50)(H,51,52)(H3,39,41,43,44)/b27-23-. The number of methoxy groups -OCH3 is 1. The van der Waals surface area contributed by atoms with Gasteiger partial charge in [0, 0.05) is 88.2 Å². The van der Waals surface area contributed by atoms with Crippen LogP contribution in [0.25, 0.3) is 11.0 Å². The number of unbranched alkanes of at least 4 members (excludes halogenated alkanes) is 2. The molecule has 2 aromatic heterocycles. The third-order valence-electron chi connectivity index (χ3n) is 9.13. The van der Waals surface area contributed by atoms with E-state index in [0.29, 0.717) is 25.1 Å². The number of nitrogens with one attached hydrogen (secondary N) is 2. The van der Waals surface area contributed by atoms with Gasteiger partial charge in [-0.3, -0.25) is 19.4 Å². The van der Waals surface area contributed by atoms with Gasteiger partial charge in [0.1, 0.15) is 23.6 Å². The number of thioether (sulfide) groups is 1. The van der Waals surface area contributed by atoms with Crippen molar-refractivity contribution in [3.8, 4) is 5.75 Å². The number of hydrazine groups is 1. The number of aromatic nitrogens is 3. The summed E-state index contributed by atoms with van der Waals surface area (Å²) in [6.07, 6.45) is 7.48. The van der Waals surface area contributed by atoms with Crippen molar-refractivity contribution in [2.75, 3.05) is 76.3 Å². The number of fused-ring (bicyclic) bond motifs is 1. The van der Waals surface area contributed by atoms with E-state index in [1.54, 1.807) is 13.3 Å². The van der Waals surface area contributed by atoms with Crippen LogP contribution >= 0.6 is 11.8 Å². The average Bonchev–Trinajstić information content (AvgIpc) is 3.56. The van der Waals surface area contributed by atoms with Crippen LogP contribution in [0.1, 0.15) is 43.7 Å². The first kappa shape index (κ1) is 42.1. The molecule has 0 bridgehead atoms. The van der Waals surface area contributed by atoms with Gasteiger partial charge in [-0.15, -0.1) is 11.8 Å². The van der Waals surface area contributed by atoms with Gasteiger partial charge < -0.3 is 52.0 Å². The molecule has 0 aliphatic carbocycles. The summed E-state index contributed by atoms with van der Waals surface area (Å²) >= 11 is 1.02. The van der Waals surface area contributed by atoms with Gasteiger partial charge in [-0.2, -0.15) is 4.98 Å². The lowest BCUT2D eigenvalue weighted by atomic mass is 10.1. The molecule has 0 saturated carbocycles. The smallest absolute Gasteiger partial charge is 0.321 e. The first-order valence-corrected chi connectivity index (χ1v) is 19.3. The van der Waals surface area contributed by atoms with Gasteiger partial charge in [-0.05, 0) is 24.1 Å². The van der Waals surface area contributed by atoms with Gasteiger partial charge in [0.25, 0.3) is 0 Å². The second kappa shape index (κ2) is 21.3. The molecule has 1 saturated heterocycles. The molecule has 296 valence electrons. The number of benzene rings is 1. The van der Waals surface area contributed by atoms with E-state index in [1.165, 1.54) is 10.6 Å². The number of carboxylic acid groups (broad SMARTS) is 1. The fraction of sp³-hybridized carbons (Fsp3) is 0.528. The fourth-order valence-electron chi connectivity index (χ4n) is 6.10. The maximum absolute atomic E-state index is 12.6. The molecule has 1 amide bonds. The normalized spacial score (nSPS) is 15.1. The quantitative estimate of drug-likeness (QED) is 0.0308. The van der Waals surface area contributed by atoms with Gasteiger partial charge in [0.2, 0.25) is 11.9 Å². The van der Waals surface area contributed by atoms with Gasteiger partial charge in [0.15, 0.2) is 5.82 Å².